The first-order chi connectivity index (χ1) is 22.0. The number of hydrogen-bond acceptors (Lipinski definition) is 6. The fraction of sp³-hybridized carbons (Fsp3) is 0.432. The summed E-state index contributed by atoms with van der Waals surface area (Å²) in [6, 6.07) is 21.0. The molecule has 0 aliphatic carbocycles. The summed E-state index contributed by atoms with van der Waals surface area (Å²) >= 11 is 0. The predicted molar refractivity (Wildman–Crippen MR) is 188 cm³/mol. The number of hydrogen-bond donors (Lipinski definition) is 2. The van der Waals surface area contributed by atoms with Gasteiger partial charge in [0.15, 0.2) is 0 Å². The van der Waals surface area contributed by atoms with Gasteiger partial charge in [0.25, 0.3) is 5.91 Å². The van der Waals surface area contributed by atoms with Gasteiger partial charge in [-0.1, -0.05) is 50.6 Å². The first-order valence-corrected chi connectivity index (χ1v) is 16.0. The number of urea groups is 1. The molecule has 0 aromatic heterocycles. The van der Waals surface area contributed by atoms with Crippen molar-refractivity contribution in [1.29, 1.82) is 0 Å². The molecule has 1 saturated heterocycles. The molecule has 3 aromatic rings. The van der Waals surface area contributed by atoms with Gasteiger partial charge in [0.1, 0.15) is 18.2 Å². The molecule has 9 heteroatoms. The third-order valence-corrected chi connectivity index (χ3v) is 7.32. The van der Waals surface area contributed by atoms with Gasteiger partial charge < -0.3 is 25.0 Å². The second-order valence-corrected chi connectivity index (χ2v) is 12.5. The number of aryl methyl sites for hydroxylation is 1. The van der Waals surface area contributed by atoms with Crippen LogP contribution in [0.3, 0.4) is 0 Å². The summed E-state index contributed by atoms with van der Waals surface area (Å²) in [5.41, 5.74) is 5.45. The van der Waals surface area contributed by atoms with E-state index in [1.165, 1.54) is 5.56 Å². The SMILES string of the molecule is CC(C)C.COc1ccc(C(=O)N2CCC(Cc3ccc(NC(=O)NCN(N=C(C)C)c4ccc(C)cc4)cc3)CC2)c(OC)c1. The average Bonchev–Trinajstić information content (AvgIpc) is 3.03. The van der Waals surface area contributed by atoms with Gasteiger partial charge in [0.05, 0.1) is 25.5 Å². The summed E-state index contributed by atoms with van der Waals surface area (Å²) in [6.45, 7) is 14.0. The topological polar surface area (TPSA) is 95.5 Å². The Kier molecular flexibility index (Phi) is 13.9. The highest BCUT2D eigenvalue weighted by atomic mass is 16.5. The molecule has 1 aliphatic rings. The Labute approximate surface area is 275 Å². The smallest absolute Gasteiger partial charge is 0.320 e. The number of methoxy groups -OCH3 is 2. The van der Waals surface area contributed by atoms with Gasteiger partial charge in [-0.2, -0.15) is 5.10 Å². The average molecular weight is 630 g/mol. The number of rotatable bonds is 10. The van der Waals surface area contributed by atoms with Crippen LogP contribution in [0.1, 0.15) is 68.9 Å². The Balaban J connectivity index is 0.00000136. The third kappa shape index (κ3) is 11.4. The first kappa shape index (κ1) is 35.9. The van der Waals surface area contributed by atoms with Crippen molar-refractivity contribution in [3.05, 3.63) is 83.4 Å². The van der Waals surface area contributed by atoms with Crippen LogP contribution in [0.25, 0.3) is 0 Å². The molecule has 0 spiro atoms. The summed E-state index contributed by atoms with van der Waals surface area (Å²) in [5, 5.41) is 12.1. The van der Waals surface area contributed by atoms with Crippen molar-refractivity contribution in [3.63, 3.8) is 0 Å². The number of carbonyl (C=O) groups excluding carboxylic acids is 2. The van der Waals surface area contributed by atoms with Gasteiger partial charge in [0, 0.05) is 30.6 Å². The van der Waals surface area contributed by atoms with E-state index in [2.05, 4.69) is 48.6 Å². The quantitative estimate of drug-likeness (QED) is 0.136. The maximum absolute atomic E-state index is 13.1. The minimum absolute atomic E-state index is 0.0136. The fourth-order valence-corrected chi connectivity index (χ4v) is 5.01. The van der Waals surface area contributed by atoms with Crippen LogP contribution in [0.15, 0.2) is 71.8 Å². The van der Waals surface area contributed by atoms with Gasteiger partial charge in [-0.3, -0.25) is 4.79 Å². The van der Waals surface area contributed by atoms with Crippen LogP contribution in [0.4, 0.5) is 16.2 Å². The van der Waals surface area contributed by atoms with E-state index in [-0.39, 0.29) is 18.6 Å². The highest BCUT2D eigenvalue weighted by Gasteiger charge is 2.26. The van der Waals surface area contributed by atoms with Crippen molar-refractivity contribution in [2.24, 2.45) is 16.9 Å². The number of nitrogens with one attached hydrogen (secondary N) is 2. The van der Waals surface area contributed by atoms with Crippen LogP contribution in [0.2, 0.25) is 0 Å². The molecule has 3 amide bonds. The molecule has 4 rings (SSSR count). The van der Waals surface area contributed by atoms with Crippen LogP contribution in [-0.4, -0.2) is 56.5 Å². The molecule has 9 nitrogen and oxygen atoms in total. The number of likely N-dealkylation sites (tertiary alicyclic amines) is 1. The van der Waals surface area contributed by atoms with Crippen LogP contribution in [0.5, 0.6) is 11.5 Å². The molecule has 248 valence electrons. The number of piperidine rings is 1. The summed E-state index contributed by atoms with van der Waals surface area (Å²) in [4.78, 5) is 27.7. The number of benzene rings is 3. The zero-order chi connectivity index (χ0) is 33.6. The maximum atomic E-state index is 13.1. The van der Waals surface area contributed by atoms with E-state index in [1.807, 2.05) is 62.1 Å². The largest absolute Gasteiger partial charge is 0.497 e. The number of anilines is 2. The lowest BCUT2D eigenvalue weighted by Crippen LogP contribution is -2.39. The Morgan fingerprint density at radius 3 is 2.13 bits per heavy atom. The minimum Gasteiger partial charge on any atom is -0.497 e. The van der Waals surface area contributed by atoms with Gasteiger partial charge in [-0.25, -0.2) is 9.80 Å². The van der Waals surface area contributed by atoms with Crippen molar-refractivity contribution in [1.82, 2.24) is 10.2 Å². The van der Waals surface area contributed by atoms with Crippen molar-refractivity contribution in [3.8, 4) is 11.5 Å². The molecule has 1 fully saturated rings. The number of hydrazone groups is 1. The van der Waals surface area contributed by atoms with E-state index in [0.29, 0.717) is 36.1 Å². The second kappa shape index (κ2) is 17.8. The van der Waals surface area contributed by atoms with Crippen LogP contribution >= 0.6 is 0 Å². The van der Waals surface area contributed by atoms with E-state index >= 15 is 0 Å². The molecule has 0 unspecified atom stereocenters. The zero-order valence-electron chi connectivity index (χ0n) is 28.7. The molecular weight excluding hydrogens is 578 g/mol. The van der Waals surface area contributed by atoms with Crippen molar-refractivity contribution in [2.45, 2.75) is 60.8 Å². The van der Waals surface area contributed by atoms with E-state index < -0.39 is 0 Å². The molecule has 0 bridgehead atoms. The summed E-state index contributed by atoms with van der Waals surface area (Å²) < 4.78 is 10.7. The molecular formula is C37H51N5O4. The second-order valence-electron chi connectivity index (χ2n) is 12.5. The number of amides is 3. The van der Waals surface area contributed by atoms with Crippen molar-refractivity contribution in [2.75, 3.05) is 44.3 Å². The molecule has 46 heavy (non-hydrogen) atoms. The summed E-state index contributed by atoms with van der Waals surface area (Å²) in [7, 11) is 3.16. The highest BCUT2D eigenvalue weighted by molar-refractivity contribution is 5.97. The predicted octanol–water partition coefficient (Wildman–Crippen LogP) is 7.75. The molecule has 0 radical (unpaired) electrons. The van der Waals surface area contributed by atoms with Gasteiger partial charge in [-0.15, -0.1) is 0 Å². The van der Waals surface area contributed by atoms with E-state index in [0.717, 1.165) is 47.8 Å². The van der Waals surface area contributed by atoms with Crippen LogP contribution < -0.4 is 25.1 Å². The van der Waals surface area contributed by atoms with E-state index in [1.54, 1.807) is 37.4 Å². The van der Waals surface area contributed by atoms with Gasteiger partial charge in [-0.05, 0) is 93.8 Å². The Morgan fingerprint density at radius 2 is 1.57 bits per heavy atom. The zero-order valence-corrected chi connectivity index (χ0v) is 28.7. The van der Waals surface area contributed by atoms with E-state index in [4.69, 9.17) is 9.47 Å². The first-order valence-electron chi connectivity index (χ1n) is 16.0. The Morgan fingerprint density at radius 1 is 0.935 bits per heavy atom. The molecule has 1 aliphatic heterocycles. The number of carbonyl (C=O) groups is 2. The lowest BCUT2D eigenvalue weighted by atomic mass is 9.90. The van der Waals surface area contributed by atoms with Crippen LogP contribution in [0, 0.1) is 18.8 Å². The summed E-state index contributed by atoms with van der Waals surface area (Å²) in [6.07, 6.45) is 2.80. The van der Waals surface area contributed by atoms with Crippen molar-refractivity contribution < 1.29 is 19.1 Å². The Bertz CT molecular complexity index is 1420. The fourth-order valence-electron chi connectivity index (χ4n) is 5.01. The molecule has 0 atom stereocenters. The normalized spacial score (nSPS) is 12.8. The lowest BCUT2D eigenvalue weighted by molar-refractivity contribution is 0.0687. The number of nitrogens with zero attached hydrogens (tertiary/aromatic N) is 3. The summed E-state index contributed by atoms with van der Waals surface area (Å²) in [5.74, 6) is 2.49. The molecule has 0 saturated carbocycles. The molecule has 3 aromatic carbocycles. The van der Waals surface area contributed by atoms with Gasteiger partial charge in [0.2, 0.25) is 0 Å². The van der Waals surface area contributed by atoms with Crippen molar-refractivity contribution >= 4 is 29.0 Å². The van der Waals surface area contributed by atoms with E-state index in [9.17, 15) is 9.59 Å². The lowest BCUT2D eigenvalue weighted by Gasteiger charge is -2.32. The van der Waals surface area contributed by atoms with Gasteiger partial charge >= 0.3 is 6.03 Å². The monoisotopic (exact) mass is 629 g/mol. The highest BCUT2D eigenvalue weighted by Crippen LogP contribution is 2.28. The maximum Gasteiger partial charge on any atom is 0.320 e. The number of ether oxygens (including phenoxy) is 2. The van der Waals surface area contributed by atoms with Crippen LogP contribution in [-0.2, 0) is 6.42 Å². The Hall–Kier alpha value is -4.53. The molecule has 1 heterocycles. The third-order valence-electron chi connectivity index (χ3n) is 7.32. The minimum atomic E-state index is -0.297. The molecule has 2 N–H and O–H groups in total. The standard InChI is InChI=1S/C33H41N5O4.C4H10/c1-23(2)36-38(28-12-6-24(3)7-13-28)22-34-33(40)35-27-10-8-25(9-11-27)20-26-16-18-37(19-17-26)32(39)30-15-14-29(41-4)21-31(30)42-5;1-4(2)3/h6-15,21,26H,16-20,22H2,1-5H3,(H2,34,35,40);4H,1-3H3.